The first-order chi connectivity index (χ1) is 11.4. The number of aromatic nitrogens is 1. The van der Waals surface area contributed by atoms with E-state index < -0.39 is 6.10 Å². The molecule has 0 aliphatic carbocycles. The Morgan fingerprint density at radius 1 is 1.25 bits per heavy atom. The molecule has 1 aromatic heterocycles. The first kappa shape index (κ1) is 17.7. The molecule has 1 amide bonds. The van der Waals surface area contributed by atoms with Crippen molar-refractivity contribution in [3.8, 4) is 5.75 Å². The Kier molecular flexibility index (Phi) is 5.68. The fraction of sp³-hybridized carbons (Fsp3) is 0.316. The lowest BCUT2D eigenvalue weighted by Gasteiger charge is -2.19. The average molecular weight is 325 g/mol. The van der Waals surface area contributed by atoms with Gasteiger partial charge in [-0.1, -0.05) is 39.0 Å². The van der Waals surface area contributed by atoms with Crippen molar-refractivity contribution in [2.75, 3.05) is 0 Å². The van der Waals surface area contributed by atoms with Gasteiger partial charge in [0.25, 0.3) is 5.91 Å². The molecule has 1 unspecified atom stereocenters. The van der Waals surface area contributed by atoms with Gasteiger partial charge in [0.1, 0.15) is 5.75 Å². The van der Waals surface area contributed by atoms with Crippen molar-refractivity contribution in [3.05, 3.63) is 59.9 Å². The van der Waals surface area contributed by atoms with Crippen LogP contribution in [0.15, 0.2) is 53.9 Å². The van der Waals surface area contributed by atoms with Crippen molar-refractivity contribution < 1.29 is 9.53 Å². The number of ether oxygens (including phenoxy) is 1. The first-order valence-electron chi connectivity index (χ1n) is 7.86. The van der Waals surface area contributed by atoms with Gasteiger partial charge in [0.15, 0.2) is 6.10 Å². The molecule has 5 heteroatoms. The number of hydrazone groups is 1. The van der Waals surface area contributed by atoms with Crippen LogP contribution in [0.4, 0.5) is 0 Å². The summed E-state index contributed by atoms with van der Waals surface area (Å²) in [6, 6.07) is 11.4. The highest BCUT2D eigenvalue weighted by molar-refractivity contribution is 5.84. The Morgan fingerprint density at radius 3 is 2.54 bits per heavy atom. The molecule has 1 atom stereocenters. The second-order valence-corrected chi connectivity index (χ2v) is 6.56. The number of carbonyl (C=O) groups excluding carboxylic acids is 1. The Morgan fingerprint density at radius 2 is 1.96 bits per heavy atom. The summed E-state index contributed by atoms with van der Waals surface area (Å²) in [5.74, 6) is 0.344. The van der Waals surface area contributed by atoms with E-state index in [2.05, 4.69) is 36.3 Å². The molecular formula is C19H23N3O2. The van der Waals surface area contributed by atoms with Gasteiger partial charge >= 0.3 is 0 Å². The van der Waals surface area contributed by atoms with Crippen LogP contribution in [0.2, 0.25) is 0 Å². The molecule has 2 rings (SSSR count). The normalized spacial score (nSPS) is 12.8. The molecule has 126 valence electrons. The fourth-order valence-electron chi connectivity index (χ4n) is 2.00. The van der Waals surface area contributed by atoms with E-state index in [-0.39, 0.29) is 11.3 Å². The molecule has 0 radical (unpaired) electrons. The van der Waals surface area contributed by atoms with Crippen molar-refractivity contribution in [2.45, 2.75) is 39.2 Å². The van der Waals surface area contributed by atoms with Crippen LogP contribution in [0.5, 0.6) is 5.75 Å². The van der Waals surface area contributed by atoms with Gasteiger partial charge in [-0.3, -0.25) is 9.78 Å². The molecule has 0 saturated carbocycles. The van der Waals surface area contributed by atoms with Gasteiger partial charge in [-0.2, -0.15) is 5.10 Å². The fourth-order valence-corrected chi connectivity index (χ4v) is 2.00. The SMILES string of the molecule is CC(Oc1ccc(C(C)(C)C)cc1)C(=O)N/N=C/c1cccnc1. The number of hydrogen-bond acceptors (Lipinski definition) is 4. The second-order valence-electron chi connectivity index (χ2n) is 6.56. The predicted octanol–water partition coefficient (Wildman–Crippen LogP) is 3.30. The number of rotatable bonds is 5. The van der Waals surface area contributed by atoms with E-state index >= 15 is 0 Å². The number of benzene rings is 1. The molecule has 0 fully saturated rings. The van der Waals surface area contributed by atoms with E-state index in [1.165, 1.54) is 11.8 Å². The maximum absolute atomic E-state index is 12.0. The lowest BCUT2D eigenvalue weighted by atomic mass is 9.87. The first-order valence-corrected chi connectivity index (χ1v) is 7.86. The quantitative estimate of drug-likeness (QED) is 0.677. The standard InChI is InChI=1S/C19H23N3O2/c1-14(18(23)22-21-13-15-6-5-11-20-12-15)24-17-9-7-16(8-10-17)19(2,3)4/h5-14H,1-4H3,(H,22,23)/b21-13+. The van der Waals surface area contributed by atoms with E-state index in [1.54, 1.807) is 25.4 Å². The predicted molar refractivity (Wildman–Crippen MR) is 95.2 cm³/mol. The Balaban J connectivity index is 1.88. The zero-order chi connectivity index (χ0) is 17.6. The summed E-state index contributed by atoms with van der Waals surface area (Å²) in [5.41, 5.74) is 4.58. The molecule has 0 spiro atoms. The van der Waals surface area contributed by atoms with Crippen molar-refractivity contribution in [3.63, 3.8) is 0 Å². The van der Waals surface area contributed by atoms with Crippen LogP contribution < -0.4 is 10.2 Å². The van der Waals surface area contributed by atoms with Gasteiger partial charge in [0.2, 0.25) is 0 Å². The topological polar surface area (TPSA) is 63.6 Å². The molecule has 1 heterocycles. The van der Waals surface area contributed by atoms with Crippen LogP contribution in [-0.2, 0) is 10.2 Å². The number of carbonyl (C=O) groups is 1. The minimum absolute atomic E-state index is 0.0858. The zero-order valence-electron chi connectivity index (χ0n) is 14.5. The third-order valence-corrected chi connectivity index (χ3v) is 3.48. The summed E-state index contributed by atoms with van der Waals surface area (Å²) in [6.07, 6.45) is 4.23. The third-order valence-electron chi connectivity index (χ3n) is 3.48. The van der Waals surface area contributed by atoms with Crippen LogP contribution >= 0.6 is 0 Å². The third kappa shape index (κ3) is 5.19. The molecule has 0 bridgehead atoms. The molecule has 1 N–H and O–H groups in total. The number of amides is 1. The maximum atomic E-state index is 12.0. The number of hydrogen-bond donors (Lipinski definition) is 1. The van der Waals surface area contributed by atoms with Crippen LogP contribution in [-0.4, -0.2) is 23.2 Å². The zero-order valence-corrected chi connectivity index (χ0v) is 14.5. The summed E-state index contributed by atoms with van der Waals surface area (Å²) in [4.78, 5) is 16.0. The number of nitrogens with zero attached hydrogens (tertiary/aromatic N) is 2. The van der Waals surface area contributed by atoms with Crippen molar-refractivity contribution in [1.82, 2.24) is 10.4 Å². The maximum Gasteiger partial charge on any atom is 0.280 e. The van der Waals surface area contributed by atoms with Crippen LogP contribution in [0.1, 0.15) is 38.8 Å². The summed E-state index contributed by atoms with van der Waals surface area (Å²) in [5, 5.41) is 3.91. The molecule has 1 aromatic carbocycles. The largest absolute Gasteiger partial charge is 0.481 e. The van der Waals surface area contributed by atoms with Gasteiger partial charge in [0.05, 0.1) is 6.21 Å². The minimum Gasteiger partial charge on any atom is -0.481 e. The van der Waals surface area contributed by atoms with Gasteiger partial charge in [-0.15, -0.1) is 0 Å². The van der Waals surface area contributed by atoms with Gasteiger partial charge in [0, 0.05) is 18.0 Å². The van der Waals surface area contributed by atoms with Crippen molar-refractivity contribution in [2.24, 2.45) is 5.10 Å². The highest BCUT2D eigenvalue weighted by Gasteiger charge is 2.16. The number of nitrogens with one attached hydrogen (secondary N) is 1. The summed E-state index contributed by atoms with van der Waals surface area (Å²) >= 11 is 0. The monoisotopic (exact) mass is 325 g/mol. The summed E-state index contributed by atoms with van der Waals surface area (Å²) in [6.45, 7) is 8.14. The Bertz CT molecular complexity index is 689. The molecule has 0 aliphatic heterocycles. The van der Waals surface area contributed by atoms with E-state index in [4.69, 9.17) is 4.74 Å². The Labute approximate surface area is 142 Å². The van der Waals surface area contributed by atoms with Crippen LogP contribution in [0, 0.1) is 0 Å². The lowest BCUT2D eigenvalue weighted by Crippen LogP contribution is -2.33. The molecule has 0 aliphatic rings. The van der Waals surface area contributed by atoms with Crippen molar-refractivity contribution in [1.29, 1.82) is 0 Å². The smallest absolute Gasteiger partial charge is 0.280 e. The van der Waals surface area contributed by atoms with Gasteiger partial charge in [-0.05, 0) is 36.1 Å². The molecule has 0 saturated heterocycles. The second kappa shape index (κ2) is 7.73. The highest BCUT2D eigenvalue weighted by atomic mass is 16.5. The molecular weight excluding hydrogens is 302 g/mol. The van der Waals surface area contributed by atoms with E-state index in [0.29, 0.717) is 5.75 Å². The van der Waals surface area contributed by atoms with Crippen LogP contribution in [0.25, 0.3) is 0 Å². The Hall–Kier alpha value is -2.69. The van der Waals surface area contributed by atoms with Gasteiger partial charge in [-0.25, -0.2) is 5.43 Å². The number of pyridine rings is 1. The highest BCUT2D eigenvalue weighted by Crippen LogP contribution is 2.24. The van der Waals surface area contributed by atoms with Gasteiger partial charge < -0.3 is 4.74 Å². The minimum atomic E-state index is -0.642. The molecule has 5 nitrogen and oxygen atoms in total. The van der Waals surface area contributed by atoms with E-state index in [1.807, 2.05) is 30.3 Å². The van der Waals surface area contributed by atoms with E-state index in [0.717, 1.165) is 5.56 Å². The summed E-state index contributed by atoms with van der Waals surface area (Å²) < 4.78 is 5.65. The average Bonchev–Trinajstić information content (AvgIpc) is 2.55. The summed E-state index contributed by atoms with van der Waals surface area (Å²) in [7, 11) is 0. The molecule has 24 heavy (non-hydrogen) atoms. The van der Waals surface area contributed by atoms with E-state index in [9.17, 15) is 4.79 Å². The molecule has 2 aromatic rings. The lowest BCUT2D eigenvalue weighted by molar-refractivity contribution is -0.127. The van der Waals surface area contributed by atoms with Crippen molar-refractivity contribution >= 4 is 12.1 Å². The van der Waals surface area contributed by atoms with Crippen LogP contribution in [0.3, 0.4) is 0 Å².